The molecule has 0 amide bonds. The van der Waals surface area contributed by atoms with E-state index >= 15 is 0 Å². The number of rotatable bonds is 3. The lowest BCUT2D eigenvalue weighted by atomic mass is 9.76. The fourth-order valence-electron chi connectivity index (χ4n) is 3.66. The van der Waals surface area contributed by atoms with Gasteiger partial charge in [0.1, 0.15) is 17.9 Å². The summed E-state index contributed by atoms with van der Waals surface area (Å²) in [6.45, 7) is 0.513. The summed E-state index contributed by atoms with van der Waals surface area (Å²) in [6, 6.07) is 4.27. The first-order valence-corrected chi connectivity index (χ1v) is 8.17. The molecular formula is C18H20N4O3. The van der Waals surface area contributed by atoms with Crippen LogP contribution in [-0.4, -0.2) is 42.4 Å². The van der Waals surface area contributed by atoms with Gasteiger partial charge in [-0.2, -0.15) is 0 Å². The number of amidine groups is 1. The molecule has 2 heterocycles. The van der Waals surface area contributed by atoms with Gasteiger partial charge in [0.05, 0.1) is 32.3 Å². The Bertz CT molecular complexity index is 852. The summed E-state index contributed by atoms with van der Waals surface area (Å²) in [5.74, 6) is 1.37. The van der Waals surface area contributed by atoms with Crippen LogP contribution in [0.2, 0.25) is 0 Å². The highest BCUT2D eigenvalue weighted by Gasteiger charge is 2.41. The van der Waals surface area contributed by atoms with E-state index in [1.54, 1.807) is 26.6 Å². The second kappa shape index (κ2) is 5.91. The summed E-state index contributed by atoms with van der Waals surface area (Å²) in [5.41, 5.74) is 9.60. The third-order valence-electron chi connectivity index (χ3n) is 4.89. The van der Waals surface area contributed by atoms with E-state index in [1.165, 1.54) is 5.56 Å². The van der Waals surface area contributed by atoms with Crippen molar-refractivity contribution in [1.82, 2.24) is 9.97 Å². The lowest BCUT2D eigenvalue weighted by molar-refractivity contribution is 0.234. The first-order valence-electron chi connectivity index (χ1n) is 8.17. The maximum Gasteiger partial charge on any atom is 0.282 e. The molecule has 0 saturated heterocycles. The third kappa shape index (κ3) is 2.65. The molecule has 130 valence electrons. The Kier molecular flexibility index (Phi) is 3.71. The van der Waals surface area contributed by atoms with E-state index in [4.69, 9.17) is 19.9 Å². The lowest BCUT2D eigenvalue weighted by Crippen LogP contribution is -2.36. The molecule has 1 aromatic carbocycles. The second-order valence-electron chi connectivity index (χ2n) is 6.36. The molecule has 0 saturated carbocycles. The van der Waals surface area contributed by atoms with Crippen molar-refractivity contribution in [2.24, 2.45) is 10.7 Å². The molecule has 2 aromatic rings. The molecule has 4 rings (SSSR count). The molecule has 1 aliphatic heterocycles. The van der Waals surface area contributed by atoms with Crippen LogP contribution < -0.4 is 15.2 Å². The molecule has 2 aliphatic rings. The first kappa shape index (κ1) is 15.7. The number of nitrogens with two attached hydrogens (primary N) is 1. The van der Waals surface area contributed by atoms with E-state index in [9.17, 15) is 0 Å². The Labute approximate surface area is 145 Å². The molecular weight excluding hydrogens is 320 g/mol. The first-order chi connectivity index (χ1) is 12.1. The maximum atomic E-state index is 5.77. The molecule has 1 aliphatic carbocycles. The lowest BCUT2D eigenvalue weighted by Gasteiger charge is -2.32. The Morgan fingerprint density at radius 1 is 1.16 bits per heavy atom. The largest absolute Gasteiger partial charge is 0.496 e. The molecule has 0 bridgehead atoms. The monoisotopic (exact) mass is 340 g/mol. The molecule has 1 spiro atoms. The molecule has 2 N–H and O–H groups in total. The molecule has 0 fully saturated rings. The zero-order valence-electron chi connectivity index (χ0n) is 14.3. The Balaban J connectivity index is 1.84. The zero-order chi connectivity index (χ0) is 17.4. The highest BCUT2D eigenvalue weighted by Crippen LogP contribution is 2.42. The van der Waals surface area contributed by atoms with Crippen LogP contribution in [-0.2, 0) is 17.6 Å². The van der Waals surface area contributed by atoms with Crippen LogP contribution in [0.4, 0.5) is 0 Å². The standard InChI is InChI=1S/C18H20N4O3/c1-23-15-4-3-11(14-8-20-9-16(21-14)24-2)13-7-18(6-5-12(13)15)10-25-17(19)22-18/h3-4,8-9H,5-7,10H2,1-2H3,(H2,19,22). The van der Waals surface area contributed by atoms with Crippen LogP contribution in [0.25, 0.3) is 11.3 Å². The van der Waals surface area contributed by atoms with Crippen LogP contribution >= 0.6 is 0 Å². The van der Waals surface area contributed by atoms with Crippen molar-refractivity contribution in [3.8, 4) is 22.9 Å². The summed E-state index contributed by atoms with van der Waals surface area (Å²) >= 11 is 0. The highest BCUT2D eigenvalue weighted by molar-refractivity contribution is 5.75. The van der Waals surface area contributed by atoms with Gasteiger partial charge < -0.3 is 19.9 Å². The minimum absolute atomic E-state index is 0.272. The van der Waals surface area contributed by atoms with Gasteiger partial charge in [0, 0.05) is 12.0 Å². The van der Waals surface area contributed by atoms with Crippen molar-refractivity contribution < 1.29 is 14.2 Å². The fraction of sp³-hybridized carbons (Fsp3) is 0.389. The van der Waals surface area contributed by atoms with Gasteiger partial charge in [0.2, 0.25) is 5.88 Å². The van der Waals surface area contributed by atoms with Gasteiger partial charge in [-0.25, -0.2) is 9.98 Å². The zero-order valence-corrected chi connectivity index (χ0v) is 14.3. The Morgan fingerprint density at radius 3 is 2.76 bits per heavy atom. The topological polar surface area (TPSA) is 91.8 Å². The van der Waals surface area contributed by atoms with Gasteiger partial charge in [-0.1, -0.05) is 0 Å². The molecule has 1 atom stereocenters. The van der Waals surface area contributed by atoms with Gasteiger partial charge in [-0.3, -0.25) is 4.98 Å². The van der Waals surface area contributed by atoms with E-state index in [-0.39, 0.29) is 11.6 Å². The van der Waals surface area contributed by atoms with E-state index in [0.717, 1.165) is 41.8 Å². The summed E-state index contributed by atoms with van der Waals surface area (Å²) in [6.07, 6.45) is 5.80. The van der Waals surface area contributed by atoms with Gasteiger partial charge in [-0.05, 0) is 36.1 Å². The number of hydrogen-bond donors (Lipinski definition) is 1. The molecule has 7 heteroatoms. The van der Waals surface area contributed by atoms with Crippen LogP contribution in [0.5, 0.6) is 11.6 Å². The van der Waals surface area contributed by atoms with Crippen LogP contribution in [0.15, 0.2) is 29.5 Å². The van der Waals surface area contributed by atoms with E-state index in [1.807, 2.05) is 12.1 Å². The third-order valence-corrected chi connectivity index (χ3v) is 4.89. The summed E-state index contributed by atoms with van der Waals surface area (Å²) in [5, 5.41) is 0. The summed E-state index contributed by atoms with van der Waals surface area (Å²) in [4.78, 5) is 13.3. The average Bonchev–Trinajstić information content (AvgIpc) is 3.00. The van der Waals surface area contributed by atoms with Gasteiger partial charge >= 0.3 is 0 Å². The van der Waals surface area contributed by atoms with Crippen LogP contribution in [0, 0.1) is 0 Å². The predicted octanol–water partition coefficient (Wildman–Crippen LogP) is 1.73. The van der Waals surface area contributed by atoms with Crippen molar-refractivity contribution in [3.63, 3.8) is 0 Å². The summed E-state index contributed by atoms with van der Waals surface area (Å²) in [7, 11) is 3.28. The SMILES string of the molecule is COc1cncc(-c2ccc(OC)c3c2CC2(CC3)COC(N)=N2)n1. The number of hydrogen-bond acceptors (Lipinski definition) is 7. The smallest absolute Gasteiger partial charge is 0.282 e. The second-order valence-corrected chi connectivity index (χ2v) is 6.36. The minimum atomic E-state index is -0.301. The number of nitrogens with zero attached hydrogens (tertiary/aromatic N) is 3. The van der Waals surface area contributed by atoms with Crippen molar-refractivity contribution >= 4 is 6.02 Å². The molecule has 0 radical (unpaired) electrons. The van der Waals surface area contributed by atoms with Gasteiger partial charge in [0.15, 0.2) is 0 Å². The van der Waals surface area contributed by atoms with Gasteiger partial charge in [-0.15, -0.1) is 0 Å². The Morgan fingerprint density at radius 2 is 2.04 bits per heavy atom. The van der Waals surface area contributed by atoms with E-state index in [2.05, 4.69) is 15.0 Å². The molecule has 1 aromatic heterocycles. The average molecular weight is 340 g/mol. The van der Waals surface area contributed by atoms with Crippen LogP contribution in [0.1, 0.15) is 17.5 Å². The van der Waals surface area contributed by atoms with Gasteiger partial charge in [0.25, 0.3) is 6.02 Å². The summed E-state index contributed by atoms with van der Waals surface area (Å²) < 4.78 is 16.2. The minimum Gasteiger partial charge on any atom is -0.496 e. The van der Waals surface area contributed by atoms with E-state index < -0.39 is 0 Å². The molecule has 25 heavy (non-hydrogen) atoms. The maximum absolute atomic E-state index is 5.77. The number of fused-ring (bicyclic) bond motifs is 1. The fourth-order valence-corrected chi connectivity index (χ4v) is 3.66. The molecule has 1 unspecified atom stereocenters. The number of methoxy groups -OCH3 is 2. The quantitative estimate of drug-likeness (QED) is 0.915. The number of ether oxygens (including phenoxy) is 3. The normalized spacial score (nSPS) is 21.4. The van der Waals surface area contributed by atoms with Crippen molar-refractivity contribution in [1.29, 1.82) is 0 Å². The number of benzene rings is 1. The van der Waals surface area contributed by atoms with Crippen molar-refractivity contribution in [3.05, 3.63) is 35.7 Å². The predicted molar refractivity (Wildman–Crippen MR) is 92.9 cm³/mol. The van der Waals surface area contributed by atoms with E-state index in [0.29, 0.717) is 12.5 Å². The Hall–Kier alpha value is -2.83. The van der Waals surface area contributed by atoms with Crippen LogP contribution in [0.3, 0.4) is 0 Å². The highest BCUT2D eigenvalue weighted by atomic mass is 16.5. The molecule has 7 nitrogen and oxygen atoms in total. The van der Waals surface area contributed by atoms with Crippen molar-refractivity contribution in [2.45, 2.75) is 24.8 Å². The van der Waals surface area contributed by atoms with Crippen molar-refractivity contribution in [2.75, 3.05) is 20.8 Å². The number of aromatic nitrogens is 2. The number of aliphatic imine (C=N–C) groups is 1.